The molecule has 1 amide bonds. The summed E-state index contributed by atoms with van der Waals surface area (Å²) in [5.41, 5.74) is 0.879. The van der Waals surface area contributed by atoms with Gasteiger partial charge in [0, 0.05) is 17.0 Å². The van der Waals surface area contributed by atoms with Crippen LogP contribution in [-0.2, 0) is 4.79 Å². The summed E-state index contributed by atoms with van der Waals surface area (Å²) in [7, 11) is 0. The summed E-state index contributed by atoms with van der Waals surface area (Å²) in [5, 5.41) is 1.20. The van der Waals surface area contributed by atoms with Crippen LogP contribution in [0.4, 0.5) is 0 Å². The first-order chi connectivity index (χ1) is 11.4. The van der Waals surface area contributed by atoms with Crippen molar-refractivity contribution < 1.29 is 4.79 Å². The van der Waals surface area contributed by atoms with Crippen LogP contribution in [0.5, 0.6) is 0 Å². The fourth-order valence-electron chi connectivity index (χ4n) is 3.42. The maximum Gasteiger partial charge on any atom is 0.260 e. The predicted molar refractivity (Wildman–Crippen MR) is 100 cm³/mol. The summed E-state index contributed by atoms with van der Waals surface area (Å²) in [4.78, 5) is 36.1. The van der Waals surface area contributed by atoms with Gasteiger partial charge in [-0.25, -0.2) is 4.98 Å². The Kier molecular flexibility index (Phi) is 5.01. The molecule has 1 aliphatic rings. The van der Waals surface area contributed by atoms with Gasteiger partial charge >= 0.3 is 0 Å². The number of carbonyl (C=O) groups excluding carboxylic acids is 1. The van der Waals surface area contributed by atoms with E-state index >= 15 is 0 Å². The van der Waals surface area contributed by atoms with E-state index in [4.69, 9.17) is 0 Å². The molecule has 2 aromatic rings. The molecule has 0 aromatic carbocycles. The quantitative estimate of drug-likeness (QED) is 0.668. The van der Waals surface area contributed by atoms with Gasteiger partial charge in [-0.15, -0.1) is 11.3 Å². The van der Waals surface area contributed by atoms with E-state index in [0.717, 1.165) is 28.1 Å². The minimum atomic E-state index is -0.114. The zero-order chi connectivity index (χ0) is 17.4. The molecule has 0 saturated carbocycles. The number of nitrogens with zero attached hydrogens (tertiary/aromatic N) is 2. The first-order valence-corrected chi connectivity index (χ1v) is 10.1. The number of H-pyrrole nitrogens is 1. The highest BCUT2D eigenvalue weighted by atomic mass is 32.2. The summed E-state index contributed by atoms with van der Waals surface area (Å²) in [6, 6.07) is 0.581. The molecule has 1 aliphatic heterocycles. The monoisotopic (exact) mass is 365 g/mol. The van der Waals surface area contributed by atoms with Crippen molar-refractivity contribution in [3.63, 3.8) is 0 Å². The Bertz CT molecular complexity index is 817. The molecule has 0 bridgehead atoms. The molecule has 1 fully saturated rings. The minimum absolute atomic E-state index is 0.114. The molecular formula is C17H23N3O2S2. The average molecular weight is 366 g/mol. The Labute approximate surface area is 149 Å². The fraction of sp³-hybridized carbons (Fsp3) is 0.588. The minimum Gasteiger partial charge on any atom is -0.337 e. The van der Waals surface area contributed by atoms with Crippen molar-refractivity contribution in [1.29, 1.82) is 0 Å². The van der Waals surface area contributed by atoms with Crippen LogP contribution in [0.3, 0.4) is 0 Å². The lowest BCUT2D eigenvalue weighted by molar-refractivity contribution is -0.134. The number of hydrogen-bond acceptors (Lipinski definition) is 5. The molecule has 2 atom stereocenters. The van der Waals surface area contributed by atoms with Gasteiger partial charge in [0.2, 0.25) is 5.91 Å². The Morgan fingerprint density at radius 3 is 2.67 bits per heavy atom. The second kappa shape index (κ2) is 6.88. The first kappa shape index (κ1) is 17.5. The van der Waals surface area contributed by atoms with E-state index in [1.54, 1.807) is 0 Å². The van der Waals surface area contributed by atoms with Crippen molar-refractivity contribution in [3.8, 4) is 0 Å². The van der Waals surface area contributed by atoms with Crippen LogP contribution in [0.15, 0.2) is 9.95 Å². The van der Waals surface area contributed by atoms with Crippen LogP contribution in [0, 0.1) is 13.8 Å². The van der Waals surface area contributed by atoms with Gasteiger partial charge < -0.3 is 9.88 Å². The van der Waals surface area contributed by atoms with Crippen LogP contribution < -0.4 is 5.56 Å². The van der Waals surface area contributed by atoms with Gasteiger partial charge in [0.05, 0.1) is 11.1 Å². The van der Waals surface area contributed by atoms with E-state index in [1.807, 2.05) is 18.7 Å². The van der Waals surface area contributed by atoms with Gasteiger partial charge in [-0.05, 0) is 52.5 Å². The SMILES string of the molecule is Cc1sc2nc(SCC(=O)N3[C@H](C)CCC[C@H]3C)[nH]c(=O)c2c1C. The molecule has 130 valence electrons. The molecule has 24 heavy (non-hydrogen) atoms. The highest BCUT2D eigenvalue weighted by Gasteiger charge is 2.28. The Morgan fingerprint density at radius 1 is 1.33 bits per heavy atom. The van der Waals surface area contributed by atoms with Crippen LogP contribution in [0.1, 0.15) is 43.6 Å². The lowest BCUT2D eigenvalue weighted by atomic mass is 9.98. The molecule has 2 aromatic heterocycles. The van der Waals surface area contributed by atoms with Gasteiger partial charge in [-0.2, -0.15) is 0 Å². The zero-order valence-electron chi connectivity index (χ0n) is 14.5. The highest BCUT2D eigenvalue weighted by molar-refractivity contribution is 7.99. The molecule has 0 radical (unpaired) electrons. The van der Waals surface area contributed by atoms with E-state index in [2.05, 4.69) is 23.8 Å². The zero-order valence-corrected chi connectivity index (χ0v) is 16.1. The van der Waals surface area contributed by atoms with Crippen molar-refractivity contribution >= 4 is 39.2 Å². The summed E-state index contributed by atoms with van der Waals surface area (Å²) < 4.78 is 0. The summed E-state index contributed by atoms with van der Waals surface area (Å²) in [6.45, 7) is 8.17. The Balaban J connectivity index is 1.76. The van der Waals surface area contributed by atoms with Gasteiger partial charge in [-0.3, -0.25) is 9.59 Å². The van der Waals surface area contributed by atoms with Crippen molar-refractivity contribution in [2.24, 2.45) is 0 Å². The molecule has 3 heterocycles. The molecule has 0 aliphatic carbocycles. The van der Waals surface area contributed by atoms with Gasteiger partial charge in [0.25, 0.3) is 5.56 Å². The van der Waals surface area contributed by atoms with E-state index < -0.39 is 0 Å². The molecule has 7 heteroatoms. The highest BCUT2D eigenvalue weighted by Crippen LogP contribution is 2.28. The number of aromatic amines is 1. The summed E-state index contributed by atoms with van der Waals surface area (Å²) >= 11 is 2.85. The third kappa shape index (κ3) is 3.24. The first-order valence-electron chi connectivity index (χ1n) is 8.32. The van der Waals surface area contributed by atoms with E-state index in [-0.39, 0.29) is 11.5 Å². The maximum absolute atomic E-state index is 12.6. The number of thiophene rings is 1. The standard InChI is InChI=1S/C17H23N3O2S2/c1-9-6-5-7-10(2)20(9)13(21)8-23-17-18-15(22)14-11(3)12(4)24-16(14)19-17/h9-10H,5-8H2,1-4H3,(H,18,19,22)/t9-,10-/m1/s1. The lowest BCUT2D eigenvalue weighted by Crippen LogP contribution is -2.48. The van der Waals surface area contributed by atoms with Crippen LogP contribution in [-0.4, -0.2) is 38.6 Å². The second-order valence-corrected chi connectivity index (χ2v) is 8.72. The number of likely N-dealkylation sites (tertiary alicyclic amines) is 1. The van der Waals surface area contributed by atoms with Gasteiger partial charge in [0.15, 0.2) is 5.16 Å². The molecule has 0 spiro atoms. The van der Waals surface area contributed by atoms with E-state index in [1.165, 1.54) is 29.5 Å². The van der Waals surface area contributed by atoms with Crippen molar-refractivity contribution in [1.82, 2.24) is 14.9 Å². The number of hydrogen-bond donors (Lipinski definition) is 1. The number of carbonyl (C=O) groups is 1. The number of nitrogens with one attached hydrogen (secondary N) is 1. The van der Waals surface area contributed by atoms with Gasteiger partial charge in [0.1, 0.15) is 4.83 Å². The number of amides is 1. The van der Waals surface area contributed by atoms with Gasteiger partial charge in [-0.1, -0.05) is 11.8 Å². The molecule has 1 saturated heterocycles. The van der Waals surface area contributed by atoms with Crippen LogP contribution in [0.25, 0.3) is 10.2 Å². The Morgan fingerprint density at radius 2 is 2.00 bits per heavy atom. The smallest absolute Gasteiger partial charge is 0.260 e. The van der Waals surface area contributed by atoms with Crippen LogP contribution in [0.2, 0.25) is 0 Å². The predicted octanol–water partition coefficient (Wildman–Crippen LogP) is 3.48. The van der Waals surface area contributed by atoms with Crippen molar-refractivity contribution in [2.75, 3.05) is 5.75 Å². The summed E-state index contributed by atoms with van der Waals surface area (Å²) in [5.74, 6) is 0.438. The third-order valence-electron chi connectivity index (χ3n) is 4.83. The number of thioether (sulfide) groups is 1. The molecular weight excluding hydrogens is 342 g/mol. The number of piperidine rings is 1. The molecule has 0 unspecified atom stereocenters. The second-order valence-electron chi connectivity index (χ2n) is 6.55. The number of rotatable bonds is 3. The number of fused-ring (bicyclic) bond motifs is 1. The maximum atomic E-state index is 12.6. The summed E-state index contributed by atoms with van der Waals surface area (Å²) in [6.07, 6.45) is 3.31. The third-order valence-corrected chi connectivity index (χ3v) is 6.79. The topological polar surface area (TPSA) is 66.1 Å². The largest absolute Gasteiger partial charge is 0.337 e. The average Bonchev–Trinajstić information content (AvgIpc) is 2.80. The van der Waals surface area contributed by atoms with E-state index in [9.17, 15) is 9.59 Å². The molecule has 3 rings (SSSR count). The van der Waals surface area contributed by atoms with Crippen LogP contribution >= 0.6 is 23.1 Å². The molecule has 5 nitrogen and oxygen atoms in total. The van der Waals surface area contributed by atoms with Crippen molar-refractivity contribution in [2.45, 2.75) is 64.2 Å². The fourth-order valence-corrected chi connectivity index (χ4v) is 5.24. The normalized spacial score (nSPS) is 21.4. The lowest BCUT2D eigenvalue weighted by Gasteiger charge is -2.39. The molecule has 1 N–H and O–H groups in total. The van der Waals surface area contributed by atoms with E-state index in [0.29, 0.717) is 28.4 Å². The number of aryl methyl sites for hydroxylation is 2. The van der Waals surface area contributed by atoms with Crippen molar-refractivity contribution in [3.05, 3.63) is 20.8 Å². The number of aromatic nitrogens is 2. The Hall–Kier alpha value is -1.34.